The Morgan fingerprint density at radius 3 is 2.76 bits per heavy atom. The van der Waals surface area contributed by atoms with Crippen molar-refractivity contribution in [2.45, 2.75) is 26.7 Å². The Labute approximate surface area is 197 Å². The molecule has 0 saturated carbocycles. The zero-order chi connectivity index (χ0) is 22.9. The van der Waals surface area contributed by atoms with Gasteiger partial charge in [0.1, 0.15) is 5.75 Å². The SMILES string of the molecule is COc1ccc(-c2cn3nc(N4CCCC(C(=O)Nc5cccc(C)c5C)C4)sc3n2)cc1. The molecule has 1 aliphatic rings. The van der Waals surface area contributed by atoms with Gasteiger partial charge in [0.05, 0.1) is 24.9 Å². The van der Waals surface area contributed by atoms with E-state index in [1.807, 2.05) is 54.0 Å². The topological polar surface area (TPSA) is 71.8 Å². The van der Waals surface area contributed by atoms with Crippen molar-refractivity contribution in [1.82, 2.24) is 14.6 Å². The highest BCUT2D eigenvalue weighted by Crippen LogP contribution is 2.31. The van der Waals surface area contributed by atoms with Gasteiger partial charge < -0.3 is 15.0 Å². The van der Waals surface area contributed by atoms with Gasteiger partial charge in [0.25, 0.3) is 0 Å². The van der Waals surface area contributed by atoms with Crippen LogP contribution in [0.3, 0.4) is 0 Å². The van der Waals surface area contributed by atoms with E-state index in [2.05, 4.69) is 23.2 Å². The van der Waals surface area contributed by atoms with E-state index in [-0.39, 0.29) is 11.8 Å². The summed E-state index contributed by atoms with van der Waals surface area (Å²) in [6, 6.07) is 13.9. The van der Waals surface area contributed by atoms with Gasteiger partial charge in [0, 0.05) is 24.3 Å². The first-order chi connectivity index (χ1) is 16.0. The van der Waals surface area contributed by atoms with E-state index in [1.54, 1.807) is 18.4 Å². The van der Waals surface area contributed by atoms with Crippen LogP contribution in [-0.2, 0) is 4.79 Å². The van der Waals surface area contributed by atoms with E-state index in [4.69, 9.17) is 14.8 Å². The first-order valence-corrected chi connectivity index (χ1v) is 12.0. The molecule has 0 bridgehead atoms. The average Bonchev–Trinajstić information content (AvgIpc) is 3.42. The highest BCUT2D eigenvalue weighted by atomic mass is 32.1. The molecule has 1 aliphatic heterocycles. The van der Waals surface area contributed by atoms with E-state index < -0.39 is 0 Å². The number of hydrogen-bond acceptors (Lipinski definition) is 6. The molecule has 3 heterocycles. The number of fused-ring (bicyclic) bond motifs is 1. The lowest BCUT2D eigenvalue weighted by Crippen LogP contribution is -2.40. The molecule has 7 nitrogen and oxygen atoms in total. The van der Waals surface area contributed by atoms with Crippen LogP contribution < -0.4 is 15.0 Å². The van der Waals surface area contributed by atoms with Crippen molar-refractivity contribution in [1.29, 1.82) is 0 Å². The second kappa shape index (κ2) is 8.86. The first-order valence-electron chi connectivity index (χ1n) is 11.1. The van der Waals surface area contributed by atoms with Crippen LogP contribution >= 0.6 is 11.3 Å². The number of rotatable bonds is 5. The van der Waals surface area contributed by atoms with Gasteiger partial charge in [0.2, 0.25) is 16.0 Å². The summed E-state index contributed by atoms with van der Waals surface area (Å²) >= 11 is 1.56. The van der Waals surface area contributed by atoms with Crippen molar-refractivity contribution in [2.24, 2.45) is 5.92 Å². The summed E-state index contributed by atoms with van der Waals surface area (Å²) in [5.41, 5.74) is 5.10. The highest BCUT2D eigenvalue weighted by Gasteiger charge is 2.28. The van der Waals surface area contributed by atoms with E-state index in [0.29, 0.717) is 6.54 Å². The number of carbonyl (C=O) groups excluding carboxylic acids is 1. The number of nitrogens with one attached hydrogen (secondary N) is 1. The number of benzene rings is 2. The second-order valence-corrected chi connectivity index (χ2v) is 9.42. The number of piperidine rings is 1. The van der Waals surface area contributed by atoms with E-state index in [9.17, 15) is 4.79 Å². The van der Waals surface area contributed by atoms with Crippen LogP contribution in [0.2, 0.25) is 0 Å². The normalized spacial score (nSPS) is 16.2. The fourth-order valence-corrected chi connectivity index (χ4v) is 5.12. The third-order valence-electron chi connectivity index (χ3n) is 6.34. The van der Waals surface area contributed by atoms with Gasteiger partial charge in [-0.3, -0.25) is 4.79 Å². The smallest absolute Gasteiger partial charge is 0.229 e. The summed E-state index contributed by atoms with van der Waals surface area (Å²) in [4.78, 5) is 20.8. The molecule has 1 amide bonds. The van der Waals surface area contributed by atoms with Crippen LogP contribution in [0, 0.1) is 19.8 Å². The third kappa shape index (κ3) is 4.30. The van der Waals surface area contributed by atoms with Gasteiger partial charge in [-0.15, -0.1) is 5.10 Å². The molecule has 170 valence electrons. The minimum Gasteiger partial charge on any atom is -0.497 e. The van der Waals surface area contributed by atoms with Gasteiger partial charge in [-0.2, -0.15) is 0 Å². The Balaban J connectivity index is 1.29. The molecular weight excluding hydrogens is 434 g/mol. The number of imidazole rings is 1. The van der Waals surface area contributed by atoms with Crippen LogP contribution in [0.4, 0.5) is 10.8 Å². The number of ether oxygens (including phenoxy) is 1. The number of aryl methyl sites for hydroxylation is 1. The summed E-state index contributed by atoms with van der Waals surface area (Å²) in [6.45, 7) is 5.67. The molecule has 1 fully saturated rings. The van der Waals surface area contributed by atoms with Crippen molar-refractivity contribution in [2.75, 3.05) is 30.4 Å². The standard InChI is InChI=1S/C25H27N5O2S/c1-16-6-4-8-21(17(16)2)26-23(31)19-7-5-13-29(14-19)25-28-30-15-22(27-24(30)33-25)18-9-11-20(32-3)12-10-18/h4,6,8-12,15,19H,5,7,13-14H2,1-3H3,(H,26,31). The molecule has 2 aromatic heterocycles. The zero-order valence-electron chi connectivity index (χ0n) is 19.0. The van der Waals surface area contributed by atoms with Crippen molar-refractivity contribution < 1.29 is 9.53 Å². The predicted molar refractivity (Wildman–Crippen MR) is 132 cm³/mol. The summed E-state index contributed by atoms with van der Waals surface area (Å²) in [5.74, 6) is 0.836. The molecule has 0 radical (unpaired) electrons. The molecule has 1 N–H and O–H groups in total. The lowest BCUT2D eigenvalue weighted by Gasteiger charge is -2.31. The molecule has 1 saturated heterocycles. The molecule has 1 atom stereocenters. The fraction of sp³-hybridized carbons (Fsp3) is 0.320. The predicted octanol–water partition coefficient (Wildman–Crippen LogP) is 4.94. The Morgan fingerprint density at radius 1 is 1.18 bits per heavy atom. The quantitative estimate of drug-likeness (QED) is 0.456. The monoisotopic (exact) mass is 461 g/mol. The largest absolute Gasteiger partial charge is 0.497 e. The Kier molecular flexibility index (Phi) is 5.76. The van der Waals surface area contributed by atoms with Crippen LogP contribution in [-0.4, -0.2) is 40.7 Å². The Hall–Kier alpha value is -3.39. The van der Waals surface area contributed by atoms with E-state index in [1.165, 1.54) is 5.56 Å². The Morgan fingerprint density at radius 2 is 2.00 bits per heavy atom. The number of hydrogen-bond donors (Lipinski definition) is 1. The maximum atomic E-state index is 13.0. The van der Waals surface area contributed by atoms with Crippen LogP contribution in [0.5, 0.6) is 5.75 Å². The van der Waals surface area contributed by atoms with E-state index in [0.717, 1.165) is 57.7 Å². The van der Waals surface area contributed by atoms with Gasteiger partial charge in [0.15, 0.2) is 0 Å². The number of methoxy groups -OCH3 is 1. The number of anilines is 2. The lowest BCUT2D eigenvalue weighted by atomic mass is 9.97. The van der Waals surface area contributed by atoms with Gasteiger partial charge in [-0.25, -0.2) is 9.50 Å². The molecular formula is C25H27N5O2S. The minimum atomic E-state index is -0.0651. The van der Waals surface area contributed by atoms with Gasteiger partial charge >= 0.3 is 0 Å². The van der Waals surface area contributed by atoms with Gasteiger partial charge in [-0.1, -0.05) is 23.5 Å². The molecule has 5 rings (SSSR count). The summed E-state index contributed by atoms with van der Waals surface area (Å²) in [6.07, 6.45) is 3.80. The molecule has 2 aromatic carbocycles. The highest BCUT2D eigenvalue weighted by molar-refractivity contribution is 7.20. The second-order valence-electron chi connectivity index (χ2n) is 8.49. The van der Waals surface area contributed by atoms with Crippen molar-refractivity contribution in [3.63, 3.8) is 0 Å². The van der Waals surface area contributed by atoms with Crippen LogP contribution in [0.15, 0.2) is 48.7 Å². The number of carbonyl (C=O) groups is 1. The minimum absolute atomic E-state index is 0.0651. The average molecular weight is 462 g/mol. The van der Waals surface area contributed by atoms with Gasteiger partial charge in [-0.05, 0) is 68.1 Å². The van der Waals surface area contributed by atoms with Crippen molar-refractivity contribution in [3.8, 4) is 17.0 Å². The molecule has 0 spiro atoms. The molecule has 0 aliphatic carbocycles. The Bertz CT molecular complexity index is 1260. The summed E-state index contributed by atoms with van der Waals surface area (Å²) in [5, 5.41) is 8.81. The lowest BCUT2D eigenvalue weighted by molar-refractivity contribution is -0.120. The van der Waals surface area contributed by atoms with E-state index >= 15 is 0 Å². The van der Waals surface area contributed by atoms with Crippen LogP contribution in [0.25, 0.3) is 16.2 Å². The number of nitrogens with zero attached hydrogens (tertiary/aromatic N) is 4. The summed E-state index contributed by atoms with van der Waals surface area (Å²) in [7, 11) is 1.66. The fourth-order valence-electron chi connectivity index (χ4n) is 4.20. The zero-order valence-corrected chi connectivity index (χ0v) is 19.9. The molecule has 4 aromatic rings. The van der Waals surface area contributed by atoms with Crippen molar-refractivity contribution >= 4 is 33.0 Å². The third-order valence-corrected chi connectivity index (χ3v) is 7.33. The van der Waals surface area contributed by atoms with Crippen LogP contribution in [0.1, 0.15) is 24.0 Å². The molecule has 1 unspecified atom stereocenters. The molecule has 8 heteroatoms. The first kappa shape index (κ1) is 21.5. The number of aromatic nitrogens is 3. The molecule has 33 heavy (non-hydrogen) atoms. The maximum absolute atomic E-state index is 13.0. The number of amides is 1. The maximum Gasteiger partial charge on any atom is 0.229 e. The van der Waals surface area contributed by atoms with Crippen molar-refractivity contribution in [3.05, 3.63) is 59.8 Å². The summed E-state index contributed by atoms with van der Waals surface area (Å²) < 4.78 is 7.06.